The van der Waals surface area contributed by atoms with Crippen molar-refractivity contribution in [3.8, 4) is 0 Å². The van der Waals surface area contributed by atoms with Crippen LogP contribution < -0.4 is 0 Å². The summed E-state index contributed by atoms with van der Waals surface area (Å²) in [7, 11) is 0. The summed E-state index contributed by atoms with van der Waals surface area (Å²) < 4.78 is 21.3. The summed E-state index contributed by atoms with van der Waals surface area (Å²) in [5, 5.41) is 5.00. The van der Waals surface area contributed by atoms with Gasteiger partial charge < -0.3 is 4.74 Å². The fourth-order valence-corrected chi connectivity index (χ4v) is 3.30. The van der Waals surface area contributed by atoms with E-state index in [9.17, 15) is 4.39 Å². The Hall–Kier alpha value is -1.11. The first-order valence-corrected chi connectivity index (χ1v) is 9.39. The maximum absolute atomic E-state index is 14.1. The molecule has 1 aliphatic rings. The minimum Gasteiger partial charge on any atom is -0.381 e. The van der Waals surface area contributed by atoms with Crippen molar-refractivity contribution in [3.63, 3.8) is 0 Å². The van der Waals surface area contributed by atoms with E-state index in [2.05, 4.69) is 16.3 Å². The number of aromatic nitrogens is 3. The minimum atomic E-state index is -0.313. The summed E-state index contributed by atoms with van der Waals surface area (Å²) in [4.78, 5) is 4.68. The van der Waals surface area contributed by atoms with E-state index in [-0.39, 0.29) is 11.7 Å². The number of halogens is 2. The van der Waals surface area contributed by atoms with E-state index in [0.29, 0.717) is 23.7 Å². The highest BCUT2D eigenvalue weighted by molar-refractivity contribution is 7.98. The van der Waals surface area contributed by atoms with E-state index in [1.807, 2.05) is 0 Å². The Morgan fingerprint density at radius 3 is 3.04 bits per heavy atom. The molecule has 0 bridgehead atoms. The van der Waals surface area contributed by atoms with Crippen LogP contribution in [0.3, 0.4) is 0 Å². The third kappa shape index (κ3) is 3.87. The van der Waals surface area contributed by atoms with Crippen LogP contribution in [0.5, 0.6) is 0 Å². The first-order valence-electron chi connectivity index (χ1n) is 7.62. The normalized spacial score (nSPS) is 17.8. The Balaban J connectivity index is 1.91. The maximum atomic E-state index is 14.1. The molecule has 1 fully saturated rings. The Kier molecular flexibility index (Phi) is 5.56. The van der Waals surface area contributed by atoms with E-state index in [1.54, 1.807) is 28.6 Å². The average molecular weight is 356 g/mol. The largest absolute Gasteiger partial charge is 0.381 e. The lowest BCUT2D eigenvalue weighted by molar-refractivity contribution is 0.192. The second-order valence-electron chi connectivity index (χ2n) is 5.55. The molecule has 4 nitrogen and oxygen atoms in total. The predicted octanol–water partition coefficient (Wildman–Crippen LogP) is 3.53. The monoisotopic (exact) mass is 355 g/mol. The lowest BCUT2D eigenvalue weighted by Crippen LogP contribution is -2.13. The van der Waals surface area contributed by atoms with E-state index >= 15 is 0 Å². The number of hydrogen-bond acceptors (Lipinski definition) is 4. The van der Waals surface area contributed by atoms with Crippen molar-refractivity contribution in [2.24, 2.45) is 0 Å². The number of hydrogen-bond donors (Lipinski definition) is 0. The van der Waals surface area contributed by atoms with Crippen LogP contribution in [0.4, 0.5) is 4.39 Å². The topological polar surface area (TPSA) is 39.9 Å². The number of aryl methyl sites for hydroxylation is 1. The molecular weight excluding hydrogens is 337 g/mol. The second-order valence-corrected chi connectivity index (χ2v) is 6.94. The van der Waals surface area contributed by atoms with Gasteiger partial charge in [-0.2, -0.15) is 16.9 Å². The van der Waals surface area contributed by atoms with Gasteiger partial charge in [-0.05, 0) is 24.8 Å². The van der Waals surface area contributed by atoms with Crippen LogP contribution in [0.1, 0.15) is 29.6 Å². The van der Waals surface area contributed by atoms with Crippen LogP contribution in [0.15, 0.2) is 18.2 Å². The number of nitrogens with zero attached hydrogens (tertiary/aromatic N) is 3. The smallest absolute Gasteiger partial charge is 0.151 e. The van der Waals surface area contributed by atoms with Gasteiger partial charge in [-0.3, -0.25) is 0 Å². The molecule has 1 saturated heterocycles. The van der Waals surface area contributed by atoms with Crippen LogP contribution in [0.25, 0.3) is 0 Å². The van der Waals surface area contributed by atoms with Gasteiger partial charge in [-0.1, -0.05) is 17.7 Å². The molecule has 7 heteroatoms. The molecule has 124 valence electrons. The van der Waals surface area contributed by atoms with Gasteiger partial charge in [-0.25, -0.2) is 14.1 Å². The molecule has 0 N–H and O–H groups in total. The summed E-state index contributed by atoms with van der Waals surface area (Å²) in [6.45, 7) is 1.67. The van der Waals surface area contributed by atoms with E-state index in [0.717, 1.165) is 36.9 Å². The summed E-state index contributed by atoms with van der Waals surface area (Å²) in [6, 6.07) is 4.73. The summed E-state index contributed by atoms with van der Waals surface area (Å²) in [5.41, 5.74) is 0.454. The Morgan fingerprint density at radius 2 is 2.35 bits per heavy atom. The molecule has 1 aliphatic heterocycles. The lowest BCUT2D eigenvalue weighted by Gasteiger charge is -2.11. The Labute approximate surface area is 144 Å². The summed E-state index contributed by atoms with van der Waals surface area (Å²) in [6.07, 6.45) is 3.78. The lowest BCUT2D eigenvalue weighted by atomic mass is 10.1. The molecule has 1 atom stereocenters. The van der Waals surface area contributed by atoms with Crippen LogP contribution in [0, 0.1) is 5.82 Å². The van der Waals surface area contributed by atoms with Crippen molar-refractivity contribution < 1.29 is 9.13 Å². The molecule has 2 aromatic rings. The molecular formula is C16H19ClFN3OS. The highest BCUT2D eigenvalue weighted by atomic mass is 35.5. The molecule has 0 amide bonds. The zero-order valence-electron chi connectivity index (χ0n) is 13.0. The molecule has 1 aromatic carbocycles. The quantitative estimate of drug-likeness (QED) is 0.794. The van der Waals surface area contributed by atoms with Crippen molar-refractivity contribution in [2.75, 3.05) is 25.2 Å². The van der Waals surface area contributed by atoms with Crippen LogP contribution in [0.2, 0.25) is 5.02 Å². The van der Waals surface area contributed by atoms with Crippen molar-refractivity contribution >= 4 is 23.4 Å². The molecule has 1 unspecified atom stereocenters. The van der Waals surface area contributed by atoms with Crippen molar-refractivity contribution in [1.29, 1.82) is 0 Å². The van der Waals surface area contributed by atoms with Crippen molar-refractivity contribution in [3.05, 3.63) is 46.3 Å². The number of thioether (sulfide) groups is 1. The average Bonchev–Trinajstić information content (AvgIpc) is 3.18. The second kappa shape index (κ2) is 7.64. The fraction of sp³-hybridized carbons (Fsp3) is 0.500. The summed E-state index contributed by atoms with van der Waals surface area (Å²) in [5.74, 6) is 2.54. The van der Waals surface area contributed by atoms with Crippen molar-refractivity contribution in [2.45, 2.75) is 25.3 Å². The number of rotatable bonds is 6. The third-order valence-electron chi connectivity index (χ3n) is 3.94. The molecule has 0 spiro atoms. The zero-order valence-corrected chi connectivity index (χ0v) is 14.5. The number of benzene rings is 1. The van der Waals surface area contributed by atoms with Gasteiger partial charge >= 0.3 is 0 Å². The van der Waals surface area contributed by atoms with Gasteiger partial charge in [0, 0.05) is 35.3 Å². The Morgan fingerprint density at radius 1 is 1.48 bits per heavy atom. The van der Waals surface area contributed by atoms with E-state index in [4.69, 9.17) is 16.3 Å². The molecule has 3 rings (SSSR count). The SMILES string of the molecule is CSCCc1nc(C2CCOC2)n(Cc2c(F)cccc2Cl)n1. The first-order chi connectivity index (χ1) is 11.2. The maximum Gasteiger partial charge on any atom is 0.151 e. The van der Waals surface area contributed by atoms with E-state index in [1.165, 1.54) is 6.07 Å². The Bertz CT molecular complexity index is 653. The highest BCUT2D eigenvalue weighted by Gasteiger charge is 2.25. The van der Waals surface area contributed by atoms with Gasteiger partial charge in [0.2, 0.25) is 0 Å². The van der Waals surface area contributed by atoms with Gasteiger partial charge in [0.05, 0.1) is 13.2 Å². The van der Waals surface area contributed by atoms with Crippen LogP contribution in [-0.2, 0) is 17.7 Å². The molecule has 2 heterocycles. The highest BCUT2D eigenvalue weighted by Crippen LogP contribution is 2.26. The molecule has 0 aliphatic carbocycles. The summed E-state index contributed by atoms with van der Waals surface area (Å²) >= 11 is 7.91. The van der Waals surface area contributed by atoms with Crippen LogP contribution in [-0.4, -0.2) is 40.0 Å². The fourth-order valence-electron chi connectivity index (χ4n) is 2.69. The number of ether oxygens (including phenoxy) is 1. The van der Waals surface area contributed by atoms with Gasteiger partial charge in [0.1, 0.15) is 11.6 Å². The standard InChI is InChI=1S/C16H19ClFN3OS/c1-23-8-6-15-19-16(11-5-7-22-10-11)21(20-15)9-12-13(17)3-2-4-14(12)18/h2-4,11H,5-10H2,1H3. The van der Waals surface area contributed by atoms with Crippen molar-refractivity contribution in [1.82, 2.24) is 14.8 Å². The minimum absolute atomic E-state index is 0.219. The van der Waals surface area contributed by atoms with Gasteiger partial charge in [-0.15, -0.1) is 0 Å². The molecule has 1 aromatic heterocycles. The molecule has 23 heavy (non-hydrogen) atoms. The predicted molar refractivity (Wildman–Crippen MR) is 90.8 cm³/mol. The van der Waals surface area contributed by atoms with Gasteiger partial charge in [0.15, 0.2) is 5.82 Å². The molecule has 0 saturated carbocycles. The zero-order chi connectivity index (χ0) is 16.2. The van der Waals surface area contributed by atoms with Crippen LogP contribution >= 0.6 is 23.4 Å². The van der Waals surface area contributed by atoms with Gasteiger partial charge in [0.25, 0.3) is 0 Å². The molecule has 0 radical (unpaired) electrons. The first kappa shape index (κ1) is 16.7. The third-order valence-corrected chi connectivity index (χ3v) is 4.90. The van der Waals surface area contributed by atoms with E-state index < -0.39 is 0 Å².